The van der Waals surface area contributed by atoms with E-state index < -0.39 is 0 Å². The van der Waals surface area contributed by atoms with Gasteiger partial charge in [0.25, 0.3) is 0 Å². The zero-order valence-electron chi connectivity index (χ0n) is 12.8. The quantitative estimate of drug-likeness (QED) is 0.758. The van der Waals surface area contributed by atoms with Crippen molar-refractivity contribution in [3.05, 3.63) is 24.3 Å². The van der Waals surface area contributed by atoms with Crippen LogP contribution in [0.15, 0.2) is 24.3 Å². The standard InChI is InChI=1S/C15H25N3O2/c1-12(2)20-14-8-6-5-7-13(14)17-11-15(19)16-9-10-18(3)4/h5-8,12,17H,9-11H2,1-4H3,(H,16,19). The molecule has 1 aromatic rings. The smallest absolute Gasteiger partial charge is 0.239 e. The van der Waals surface area contributed by atoms with Gasteiger partial charge in [0, 0.05) is 13.1 Å². The second kappa shape index (κ2) is 8.43. The van der Waals surface area contributed by atoms with Gasteiger partial charge in [0.05, 0.1) is 18.3 Å². The molecule has 0 spiro atoms. The Balaban J connectivity index is 2.42. The first kappa shape index (κ1) is 16.3. The molecule has 0 fully saturated rings. The first-order chi connectivity index (χ1) is 9.49. The zero-order valence-corrected chi connectivity index (χ0v) is 12.8. The predicted octanol–water partition coefficient (Wildman–Crippen LogP) is 1.56. The molecule has 0 aromatic heterocycles. The highest BCUT2D eigenvalue weighted by Crippen LogP contribution is 2.24. The van der Waals surface area contributed by atoms with Crippen molar-refractivity contribution in [3.63, 3.8) is 0 Å². The SMILES string of the molecule is CC(C)Oc1ccccc1NCC(=O)NCCN(C)C. The van der Waals surface area contributed by atoms with Crippen molar-refractivity contribution < 1.29 is 9.53 Å². The van der Waals surface area contributed by atoms with Gasteiger partial charge in [0.1, 0.15) is 5.75 Å². The monoisotopic (exact) mass is 279 g/mol. The van der Waals surface area contributed by atoms with Crippen LogP contribution in [-0.2, 0) is 4.79 Å². The maximum absolute atomic E-state index is 11.7. The molecule has 0 bridgehead atoms. The first-order valence-corrected chi connectivity index (χ1v) is 6.90. The molecule has 1 rings (SSSR count). The molecular weight excluding hydrogens is 254 g/mol. The van der Waals surface area contributed by atoms with E-state index in [0.717, 1.165) is 18.0 Å². The van der Waals surface area contributed by atoms with E-state index >= 15 is 0 Å². The van der Waals surface area contributed by atoms with E-state index in [1.165, 1.54) is 0 Å². The van der Waals surface area contributed by atoms with Crippen LogP contribution in [0, 0.1) is 0 Å². The summed E-state index contributed by atoms with van der Waals surface area (Å²) >= 11 is 0. The van der Waals surface area contributed by atoms with Gasteiger partial charge in [-0.05, 0) is 40.1 Å². The molecule has 112 valence electrons. The Morgan fingerprint density at radius 1 is 1.30 bits per heavy atom. The van der Waals surface area contributed by atoms with E-state index in [1.54, 1.807) is 0 Å². The van der Waals surface area contributed by atoms with Crippen LogP contribution in [-0.4, -0.2) is 50.6 Å². The number of nitrogens with one attached hydrogen (secondary N) is 2. The largest absolute Gasteiger partial charge is 0.489 e. The number of hydrogen-bond donors (Lipinski definition) is 2. The lowest BCUT2D eigenvalue weighted by atomic mass is 10.3. The van der Waals surface area contributed by atoms with Crippen molar-refractivity contribution >= 4 is 11.6 Å². The minimum absolute atomic E-state index is 0.0220. The van der Waals surface area contributed by atoms with Gasteiger partial charge in [-0.15, -0.1) is 0 Å². The molecule has 5 nitrogen and oxygen atoms in total. The Morgan fingerprint density at radius 2 is 2.00 bits per heavy atom. The van der Waals surface area contributed by atoms with Gasteiger partial charge < -0.3 is 20.3 Å². The van der Waals surface area contributed by atoms with Gasteiger partial charge in [0.2, 0.25) is 5.91 Å². The molecule has 20 heavy (non-hydrogen) atoms. The lowest BCUT2D eigenvalue weighted by Crippen LogP contribution is -2.35. The molecule has 0 unspecified atom stereocenters. The number of para-hydroxylation sites is 2. The second-order valence-corrected chi connectivity index (χ2v) is 5.17. The number of ether oxygens (including phenoxy) is 1. The second-order valence-electron chi connectivity index (χ2n) is 5.17. The fraction of sp³-hybridized carbons (Fsp3) is 0.533. The number of carbonyl (C=O) groups is 1. The van der Waals surface area contributed by atoms with Crippen LogP contribution in [0.1, 0.15) is 13.8 Å². The number of benzene rings is 1. The summed E-state index contributed by atoms with van der Waals surface area (Å²) in [5.74, 6) is 0.745. The van der Waals surface area contributed by atoms with Crippen LogP contribution in [0.5, 0.6) is 5.75 Å². The van der Waals surface area contributed by atoms with Crippen molar-refractivity contribution in [3.8, 4) is 5.75 Å². The predicted molar refractivity (Wildman–Crippen MR) is 82.3 cm³/mol. The number of rotatable bonds is 8. The van der Waals surface area contributed by atoms with Crippen molar-refractivity contribution in [2.75, 3.05) is 39.0 Å². The number of carbonyl (C=O) groups excluding carboxylic acids is 1. The summed E-state index contributed by atoms with van der Waals surface area (Å²) in [4.78, 5) is 13.7. The highest BCUT2D eigenvalue weighted by molar-refractivity contribution is 5.81. The number of amides is 1. The topological polar surface area (TPSA) is 53.6 Å². The summed E-state index contributed by atoms with van der Waals surface area (Å²) in [6.07, 6.45) is 0.104. The van der Waals surface area contributed by atoms with Crippen LogP contribution < -0.4 is 15.4 Å². The molecule has 0 saturated carbocycles. The first-order valence-electron chi connectivity index (χ1n) is 6.90. The molecule has 0 aliphatic heterocycles. The molecule has 0 aliphatic rings. The fourth-order valence-electron chi connectivity index (χ4n) is 1.63. The summed E-state index contributed by atoms with van der Waals surface area (Å²) < 4.78 is 5.69. The van der Waals surface area contributed by atoms with Gasteiger partial charge in [-0.2, -0.15) is 0 Å². The third kappa shape index (κ3) is 6.43. The van der Waals surface area contributed by atoms with Gasteiger partial charge in [-0.1, -0.05) is 12.1 Å². The molecule has 1 amide bonds. The van der Waals surface area contributed by atoms with Crippen LogP contribution in [0.4, 0.5) is 5.69 Å². The van der Waals surface area contributed by atoms with E-state index in [-0.39, 0.29) is 18.6 Å². The molecule has 0 heterocycles. The third-order valence-electron chi connectivity index (χ3n) is 2.57. The Kier molecular flexibility index (Phi) is 6.87. The van der Waals surface area contributed by atoms with E-state index in [0.29, 0.717) is 6.54 Å². The van der Waals surface area contributed by atoms with E-state index in [9.17, 15) is 4.79 Å². The third-order valence-corrected chi connectivity index (χ3v) is 2.57. The molecule has 2 N–H and O–H groups in total. The Bertz CT molecular complexity index is 419. The maximum Gasteiger partial charge on any atom is 0.239 e. The lowest BCUT2D eigenvalue weighted by Gasteiger charge is -2.15. The maximum atomic E-state index is 11.7. The molecular formula is C15H25N3O2. The number of anilines is 1. The van der Waals surface area contributed by atoms with Crippen molar-refractivity contribution in [1.82, 2.24) is 10.2 Å². The van der Waals surface area contributed by atoms with Gasteiger partial charge >= 0.3 is 0 Å². The normalized spacial score (nSPS) is 10.7. The van der Waals surface area contributed by atoms with E-state index in [1.807, 2.05) is 57.1 Å². The highest BCUT2D eigenvalue weighted by atomic mass is 16.5. The molecule has 5 heteroatoms. The Hall–Kier alpha value is -1.75. The summed E-state index contributed by atoms with van der Waals surface area (Å²) in [5, 5.41) is 5.97. The minimum atomic E-state index is -0.0220. The van der Waals surface area contributed by atoms with E-state index in [2.05, 4.69) is 10.6 Å². The summed E-state index contributed by atoms with van der Waals surface area (Å²) in [7, 11) is 3.95. The van der Waals surface area contributed by atoms with Crippen molar-refractivity contribution in [1.29, 1.82) is 0 Å². The molecule has 0 saturated heterocycles. The highest BCUT2D eigenvalue weighted by Gasteiger charge is 2.06. The average Bonchev–Trinajstić information content (AvgIpc) is 2.36. The lowest BCUT2D eigenvalue weighted by molar-refractivity contribution is -0.119. The zero-order chi connectivity index (χ0) is 15.0. The van der Waals surface area contributed by atoms with Crippen LogP contribution in [0.25, 0.3) is 0 Å². The van der Waals surface area contributed by atoms with Crippen LogP contribution in [0.3, 0.4) is 0 Å². The summed E-state index contributed by atoms with van der Waals surface area (Å²) in [5.41, 5.74) is 0.837. The molecule has 0 aliphatic carbocycles. The van der Waals surface area contributed by atoms with Crippen LogP contribution in [0.2, 0.25) is 0 Å². The Labute approximate surface area is 121 Å². The van der Waals surface area contributed by atoms with Gasteiger partial charge in [-0.3, -0.25) is 4.79 Å². The van der Waals surface area contributed by atoms with Gasteiger partial charge in [0.15, 0.2) is 0 Å². The van der Waals surface area contributed by atoms with Gasteiger partial charge in [-0.25, -0.2) is 0 Å². The molecule has 0 radical (unpaired) electrons. The summed E-state index contributed by atoms with van der Waals surface area (Å²) in [6.45, 7) is 5.68. The molecule has 0 atom stereocenters. The van der Waals surface area contributed by atoms with Crippen molar-refractivity contribution in [2.24, 2.45) is 0 Å². The number of hydrogen-bond acceptors (Lipinski definition) is 4. The average molecular weight is 279 g/mol. The molecule has 1 aromatic carbocycles. The minimum Gasteiger partial charge on any atom is -0.489 e. The fourth-order valence-corrected chi connectivity index (χ4v) is 1.63. The number of nitrogens with zero attached hydrogens (tertiary/aromatic N) is 1. The van der Waals surface area contributed by atoms with Crippen molar-refractivity contribution in [2.45, 2.75) is 20.0 Å². The van der Waals surface area contributed by atoms with E-state index in [4.69, 9.17) is 4.74 Å². The van der Waals surface area contributed by atoms with Crippen LogP contribution >= 0.6 is 0 Å². The Morgan fingerprint density at radius 3 is 2.65 bits per heavy atom. The summed E-state index contributed by atoms with van der Waals surface area (Å²) in [6, 6.07) is 7.64. The number of likely N-dealkylation sites (N-methyl/N-ethyl adjacent to an activating group) is 1.